The predicted molar refractivity (Wildman–Crippen MR) is 122 cm³/mol. The highest BCUT2D eigenvalue weighted by Gasteiger charge is 2.28. The molecule has 4 rings (SSSR count). The van der Waals surface area contributed by atoms with E-state index < -0.39 is 0 Å². The molecule has 0 saturated carbocycles. The van der Waals surface area contributed by atoms with E-state index in [4.69, 9.17) is 13.9 Å². The van der Waals surface area contributed by atoms with Crippen molar-refractivity contribution in [3.05, 3.63) is 41.4 Å². The zero-order valence-corrected chi connectivity index (χ0v) is 19.1. The van der Waals surface area contributed by atoms with Gasteiger partial charge in [0.25, 0.3) is 0 Å². The average Bonchev–Trinajstić information content (AvgIpc) is 3.11. The first-order valence-electron chi connectivity index (χ1n) is 11.0. The zero-order chi connectivity index (χ0) is 22.7. The number of methoxy groups -OCH3 is 1. The van der Waals surface area contributed by atoms with Crippen molar-refractivity contribution in [2.45, 2.75) is 40.2 Å². The summed E-state index contributed by atoms with van der Waals surface area (Å²) in [5, 5.41) is 4.02. The van der Waals surface area contributed by atoms with Gasteiger partial charge < -0.3 is 24.1 Å². The number of carbonyl (C=O) groups is 1. The molecule has 8 heteroatoms. The van der Waals surface area contributed by atoms with Gasteiger partial charge in [-0.15, -0.1) is 0 Å². The van der Waals surface area contributed by atoms with Crippen molar-refractivity contribution >= 4 is 22.8 Å². The zero-order valence-electron chi connectivity index (χ0n) is 19.1. The molecule has 8 nitrogen and oxygen atoms in total. The van der Waals surface area contributed by atoms with E-state index in [2.05, 4.69) is 20.2 Å². The molecule has 3 aromatic rings. The minimum Gasteiger partial charge on any atom is -0.493 e. The third-order valence-corrected chi connectivity index (χ3v) is 6.03. The summed E-state index contributed by atoms with van der Waals surface area (Å²) in [5.41, 5.74) is 2.62. The smallest absolute Gasteiger partial charge is 0.231 e. The highest BCUT2D eigenvalue weighted by Crippen LogP contribution is 2.33. The van der Waals surface area contributed by atoms with Crippen LogP contribution in [0.2, 0.25) is 0 Å². The van der Waals surface area contributed by atoms with Crippen molar-refractivity contribution in [2.75, 3.05) is 31.7 Å². The summed E-state index contributed by atoms with van der Waals surface area (Å²) in [4.78, 5) is 24.0. The second-order valence-corrected chi connectivity index (χ2v) is 8.08. The Labute approximate surface area is 187 Å². The van der Waals surface area contributed by atoms with Crippen LogP contribution in [-0.4, -0.2) is 42.7 Å². The minimum atomic E-state index is -0.105. The summed E-state index contributed by atoms with van der Waals surface area (Å²) >= 11 is 0. The Morgan fingerprint density at radius 1 is 1.28 bits per heavy atom. The third-order valence-electron chi connectivity index (χ3n) is 6.03. The molecule has 1 fully saturated rings. The molecule has 0 unspecified atom stereocenters. The van der Waals surface area contributed by atoms with Gasteiger partial charge in [0.2, 0.25) is 11.6 Å². The number of amides is 1. The van der Waals surface area contributed by atoms with E-state index >= 15 is 0 Å². The monoisotopic (exact) mass is 438 g/mol. The molecule has 3 heterocycles. The molecule has 0 bridgehead atoms. The number of aryl methyl sites for hydroxylation is 2. The van der Waals surface area contributed by atoms with E-state index in [0.717, 1.165) is 47.5 Å². The fourth-order valence-corrected chi connectivity index (χ4v) is 4.22. The number of ether oxygens (including phenoxy) is 2. The Morgan fingerprint density at radius 3 is 2.91 bits per heavy atom. The Kier molecular flexibility index (Phi) is 6.48. The molecule has 1 aliphatic heterocycles. The van der Waals surface area contributed by atoms with Crippen LogP contribution in [0, 0.1) is 19.8 Å². The molecule has 32 heavy (non-hydrogen) atoms. The number of rotatable bonds is 7. The van der Waals surface area contributed by atoms with Gasteiger partial charge in [-0.1, -0.05) is 6.07 Å². The number of nitrogens with one attached hydrogen (secondary N) is 1. The molecule has 1 saturated heterocycles. The molecule has 1 N–H and O–H groups in total. The summed E-state index contributed by atoms with van der Waals surface area (Å²) in [5.74, 6) is 3.01. The molecular weight excluding hydrogens is 408 g/mol. The fourth-order valence-electron chi connectivity index (χ4n) is 4.22. The number of aromatic nitrogens is 2. The number of carbonyl (C=O) groups excluding carboxylic acids is 1. The molecule has 2 aromatic heterocycles. The Morgan fingerprint density at radius 2 is 2.12 bits per heavy atom. The van der Waals surface area contributed by atoms with Crippen LogP contribution in [0.25, 0.3) is 11.1 Å². The Hall–Kier alpha value is -3.29. The lowest BCUT2D eigenvalue weighted by Crippen LogP contribution is -2.43. The van der Waals surface area contributed by atoms with Crippen molar-refractivity contribution in [1.82, 2.24) is 15.3 Å². The SMILES string of the molecule is CCOc1cc(CNC(=O)[C@H]2CCCN(c3ncnc4oc(C)c(C)c34)C2)ccc1OC. The van der Waals surface area contributed by atoms with E-state index in [9.17, 15) is 4.79 Å². The van der Waals surface area contributed by atoms with Gasteiger partial charge in [-0.05, 0) is 51.3 Å². The third kappa shape index (κ3) is 4.35. The standard InChI is InChI=1S/C24H30N4O4/c1-5-31-20-11-17(8-9-19(20)30-4)12-25-23(29)18-7-6-10-28(13-18)22-21-15(2)16(3)32-24(21)27-14-26-22/h8-9,11,14,18H,5-7,10,12-13H2,1-4H3,(H,25,29)/t18-/m0/s1. The van der Waals surface area contributed by atoms with E-state index in [1.165, 1.54) is 6.33 Å². The quantitative estimate of drug-likeness (QED) is 0.600. The van der Waals surface area contributed by atoms with E-state index in [1.54, 1.807) is 7.11 Å². The summed E-state index contributed by atoms with van der Waals surface area (Å²) in [6.45, 7) is 8.36. The highest BCUT2D eigenvalue weighted by molar-refractivity contribution is 5.90. The summed E-state index contributed by atoms with van der Waals surface area (Å²) in [7, 11) is 1.62. The maximum atomic E-state index is 13.0. The van der Waals surface area contributed by atoms with Gasteiger partial charge in [0, 0.05) is 25.2 Å². The van der Waals surface area contributed by atoms with Crippen molar-refractivity contribution in [2.24, 2.45) is 5.92 Å². The van der Waals surface area contributed by atoms with Gasteiger partial charge in [-0.25, -0.2) is 9.97 Å². The molecule has 0 spiro atoms. The number of hydrogen-bond acceptors (Lipinski definition) is 7. The van der Waals surface area contributed by atoms with Crippen LogP contribution in [0.1, 0.15) is 36.7 Å². The van der Waals surface area contributed by atoms with Gasteiger partial charge >= 0.3 is 0 Å². The molecule has 1 aromatic carbocycles. The maximum absolute atomic E-state index is 13.0. The van der Waals surface area contributed by atoms with Gasteiger partial charge in [-0.2, -0.15) is 0 Å². The average molecular weight is 439 g/mol. The van der Waals surface area contributed by atoms with Crippen LogP contribution >= 0.6 is 0 Å². The highest BCUT2D eigenvalue weighted by atomic mass is 16.5. The second-order valence-electron chi connectivity index (χ2n) is 8.08. The lowest BCUT2D eigenvalue weighted by atomic mass is 9.96. The number of fused-ring (bicyclic) bond motifs is 1. The summed E-state index contributed by atoms with van der Waals surface area (Å²) < 4.78 is 16.7. The number of anilines is 1. The number of furan rings is 1. The molecule has 1 amide bonds. The maximum Gasteiger partial charge on any atom is 0.231 e. The van der Waals surface area contributed by atoms with Gasteiger partial charge in [0.05, 0.1) is 25.0 Å². The van der Waals surface area contributed by atoms with Crippen LogP contribution in [0.4, 0.5) is 5.82 Å². The van der Waals surface area contributed by atoms with Gasteiger partial charge in [-0.3, -0.25) is 4.79 Å². The Bertz CT molecular complexity index is 1110. The van der Waals surface area contributed by atoms with E-state index in [0.29, 0.717) is 36.9 Å². The number of nitrogens with zero attached hydrogens (tertiary/aromatic N) is 3. The fraction of sp³-hybridized carbons (Fsp3) is 0.458. The molecular formula is C24H30N4O4. The number of piperidine rings is 1. The molecule has 1 atom stereocenters. The summed E-state index contributed by atoms with van der Waals surface area (Å²) in [6, 6.07) is 5.72. The van der Waals surface area contributed by atoms with Crippen molar-refractivity contribution < 1.29 is 18.7 Å². The van der Waals surface area contributed by atoms with Crippen LogP contribution < -0.4 is 19.7 Å². The number of hydrogen-bond donors (Lipinski definition) is 1. The van der Waals surface area contributed by atoms with Crippen molar-refractivity contribution in [3.8, 4) is 11.5 Å². The Balaban J connectivity index is 1.44. The topological polar surface area (TPSA) is 89.7 Å². The van der Waals surface area contributed by atoms with Crippen LogP contribution in [0.5, 0.6) is 11.5 Å². The largest absolute Gasteiger partial charge is 0.493 e. The van der Waals surface area contributed by atoms with Crippen molar-refractivity contribution in [1.29, 1.82) is 0 Å². The van der Waals surface area contributed by atoms with Crippen molar-refractivity contribution in [3.63, 3.8) is 0 Å². The molecule has 1 aliphatic rings. The van der Waals surface area contributed by atoms with E-state index in [1.807, 2.05) is 39.0 Å². The van der Waals surface area contributed by atoms with Gasteiger partial charge in [0.15, 0.2) is 11.5 Å². The first-order valence-corrected chi connectivity index (χ1v) is 11.0. The second kappa shape index (κ2) is 9.46. The van der Waals surface area contributed by atoms with Crippen LogP contribution in [0.3, 0.4) is 0 Å². The predicted octanol–water partition coefficient (Wildman–Crippen LogP) is 3.78. The molecule has 0 radical (unpaired) electrons. The molecule has 170 valence electrons. The lowest BCUT2D eigenvalue weighted by Gasteiger charge is -2.33. The van der Waals surface area contributed by atoms with Crippen LogP contribution in [0.15, 0.2) is 28.9 Å². The summed E-state index contributed by atoms with van der Waals surface area (Å²) in [6.07, 6.45) is 3.31. The van der Waals surface area contributed by atoms with E-state index in [-0.39, 0.29) is 11.8 Å². The first-order chi connectivity index (χ1) is 15.5. The first kappa shape index (κ1) is 21.9. The van der Waals surface area contributed by atoms with Crippen LogP contribution in [-0.2, 0) is 11.3 Å². The lowest BCUT2D eigenvalue weighted by molar-refractivity contribution is -0.125. The molecule has 0 aliphatic carbocycles. The number of benzene rings is 1. The minimum absolute atomic E-state index is 0.0499. The normalized spacial score (nSPS) is 16.2. The van der Waals surface area contributed by atoms with Gasteiger partial charge in [0.1, 0.15) is 17.9 Å².